The van der Waals surface area contributed by atoms with E-state index >= 15 is 0 Å². The summed E-state index contributed by atoms with van der Waals surface area (Å²) in [6.07, 6.45) is 3.53. The highest BCUT2D eigenvalue weighted by Gasteiger charge is 2.26. The number of carbonyl (C=O) groups excluding carboxylic acids is 3. The average Bonchev–Trinajstić information content (AvgIpc) is 3.02. The summed E-state index contributed by atoms with van der Waals surface area (Å²) in [6.45, 7) is 8.74. The van der Waals surface area contributed by atoms with Crippen LogP contribution in [-0.2, 0) is 5.41 Å². The molecule has 8 nitrogen and oxygen atoms in total. The third kappa shape index (κ3) is 7.43. The van der Waals surface area contributed by atoms with Crippen LogP contribution < -0.4 is 21.3 Å². The Morgan fingerprint density at radius 2 is 1.37 bits per heavy atom. The van der Waals surface area contributed by atoms with Crippen LogP contribution in [0.5, 0.6) is 0 Å². The maximum absolute atomic E-state index is 13.4. The predicted octanol–water partition coefficient (Wildman–Crippen LogP) is 5.20. The van der Waals surface area contributed by atoms with Gasteiger partial charge in [0.25, 0.3) is 17.7 Å². The van der Waals surface area contributed by atoms with Crippen LogP contribution >= 0.6 is 0 Å². The molecule has 1 saturated carbocycles. The first-order chi connectivity index (χ1) is 20.6. The lowest BCUT2D eigenvalue weighted by Gasteiger charge is -2.37. The van der Waals surface area contributed by atoms with Crippen LogP contribution in [0.3, 0.4) is 0 Å². The SMILES string of the molecule is CC(C)(C)c1ccc(C(=O)Nc2cc(C(=O)NC3CCC(N)CC3)ccc2N2CCN(C(=O)c3ccccc3)CC2)cc1. The van der Waals surface area contributed by atoms with Crippen molar-refractivity contribution in [1.82, 2.24) is 10.2 Å². The van der Waals surface area contributed by atoms with Gasteiger partial charge in [0.2, 0.25) is 0 Å². The van der Waals surface area contributed by atoms with Crippen molar-refractivity contribution in [3.63, 3.8) is 0 Å². The Morgan fingerprint density at radius 1 is 0.744 bits per heavy atom. The number of nitrogens with one attached hydrogen (secondary N) is 2. The fourth-order valence-corrected chi connectivity index (χ4v) is 5.82. The number of anilines is 2. The first kappa shape index (κ1) is 30.3. The molecule has 0 atom stereocenters. The van der Waals surface area contributed by atoms with E-state index in [1.165, 1.54) is 0 Å². The molecule has 1 aliphatic heterocycles. The zero-order valence-electron chi connectivity index (χ0n) is 25.4. The normalized spacial score (nSPS) is 19.1. The number of rotatable bonds is 6. The summed E-state index contributed by atoms with van der Waals surface area (Å²) >= 11 is 0. The molecule has 0 unspecified atom stereocenters. The summed E-state index contributed by atoms with van der Waals surface area (Å²) in [6, 6.07) is 22.7. The van der Waals surface area contributed by atoms with E-state index in [0.717, 1.165) is 36.9 Å². The molecule has 1 saturated heterocycles. The number of piperazine rings is 1. The lowest BCUT2D eigenvalue weighted by molar-refractivity contribution is 0.0746. The van der Waals surface area contributed by atoms with E-state index < -0.39 is 0 Å². The molecule has 2 aliphatic rings. The van der Waals surface area contributed by atoms with Crippen molar-refractivity contribution < 1.29 is 14.4 Å². The van der Waals surface area contributed by atoms with E-state index in [4.69, 9.17) is 5.73 Å². The van der Waals surface area contributed by atoms with E-state index in [-0.39, 0.29) is 35.2 Å². The summed E-state index contributed by atoms with van der Waals surface area (Å²) in [5.74, 6) is -0.378. The molecule has 3 aromatic carbocycles. The molecule has 3 aromatic rings. The second-order valence-corrected chi connectivity index (χ2v) is 12.7. The Balaban J connectivity index is 1.35. The fourth-order valence-electron chi connectivity index (χ4n) is 5.82. The van der Waals surface area contributed by atoms with Crippen molar-refractivity contribution in [1.29, 1.82) is 0 Å². The number of nitrogens with two attached hydrogens (primary N) is 1. The van der Waals surface area contributed by atoms with Crippen LogP contribution in [0.1, 0.15) is 83.1 Å². The zero-order valence-corrected chi connectivity index (χ0v) is 25.4. The molecule has 0 spiro atoms. The van der Waals surface area contributed by atoms with Gasteiger partial charge in [0.15, 0.2) is 0 Å². The molecule has 2 fully saturated rings. The number of carbonyl (C=O) groups is 3. The van der Waals surface area contributed by atoms with Crippen molar-refractivity contribution in [3.05, 3.63) is 95.1 Å². The van der Waals surface area contributed by atoms with Crippen molar-refractivity contribution in [2.75, 3.05) is 36.4 Å². The lowest BCUT2D eigenvalue weighted by Crippen LogP contribution is -2.49. The number of nitrogens with zero attached hydrogens (tertiary/aromatic N) is 2. The molecule has 4 N–H and O–H groups in total. The van der Waals surface area contributed by atoms with Gasteiger partial charge in [-0.25, -0.2) is 0 Å². The summed E-state index contributed by atoms with van der Waals surface area (Å²) in [5, 5.41) is 6.25. The molecule has 3 amide bonds. The summed E-state index contributed by atoms with van der Waals surface area (Å²) < 4.78 is 0. The summed E-state index contributed by atoms with van der Waals surface area (Å²) in [7, 11) is 0. The maximum Gasteiger partial charge on any atom is 0.255 e. The molecule has 0 bridgehead atoms. The van der Waals surface area contributed by atoms with Gasteiger partial charge in [-0.15, -0.1) is 0 Å². The van der Waals surface area contributed by atoms with Crippen LogP contribution in [-0.4, -0.2) is 60.9 Å². The number of hydrogen-bond acceptors (Lipinski definition) is 5. The Labute approximate surface area is 254 Å². The van der Waals surface area contributed by atoms with E-state index in [9.17, 15) is 14.4 Å². The van der Waals surface area contributed by atoms with E-state index in [1.807, 2.05) is 71.6 Å². The lowest BCUT2D eigenvalue weighted by atomic mass is 9.86. The molecule has 8 heteroatoms. The molecule has 0 radical (unpaired) electrons. The second-order valence-electron chi connectivity index (χ2n) is 12.7. The number of benzene rings is 3. The van der Waals surface area contributed by atoms with Crippen molar-refractivity contribution in [2.24, 2.45) is 5.73 Å². The highest BCUT2D eigenvalue weighted by Crippen LogP contribution is 2.30. The van der Waals surface area contributed by atoms with Crippen LogP contribution in [0.25, 0.3) is 0 Å². The minimum absolute atomic E-state index is 0.0166. The average molecular weight is 582 g/mol. The van der Waals surface area contributed by atoms with Crippen LogP contribution in [0.4, 0.5) is 11.4 Å². The molecule has 0 aromatic heterocycles. The van der Waals surface area contributed by atoms with Gasteiger partial charge in [0.1, 0.15) is 0 Å². The van der Waals surface area contributed by atoms with Gasteiger partial charge in [0, 0.05) is 55.0 Å². The Bertz CT molecular complexity index is 1430. The minimum atomic E-state index is -0.238. The van der Waals surface area contributed by atoms with E-state index in [0.29, 0.717) is 48.6 Å². The van der Waals surface area contributed by atoms with Crippen molar-refractivity contribution >= 4 is 29.1 Å². The molecule has 226 valence electrons. The van der Waals surface area contributed by atoms with Crippen LogP contribution in [0.15, 0.2) is 72.8 Å². The first-order valence-electron chi connectivity index (χ1n) is 15.3. The first-order valence-corrected chi connectivity index (χ1v) is 15.3. The standard InChI is InChI=1S/C35H43N5O3/c1-35(2,3)27-12-9-24(10-13-27)32(41)38-30-23-26(33(42)37-29-16-14-28(36)15-17-29)11-18-31(30)39-19-21-40(22-20-39)34(43)25-7-5-4-6-8-25/h4-13,18,23,28-29H,14-17,19-22,36H2,1-3H3,(H,37,42)(H,38,41). The topological polar surface area (TPSA) is 108 Å². The molecular weight excluding hydrogens is 538 g/mol. The Morgan fingerprint density at radius 3 is 2.00 bits per heavy atom. The smallest absolute Gasteiger partial charge is 0.255 e. The number of hydrogen-bond donors (Lipinski definition) is 3. The van der Waals surface area contributed by atoms with Gasteiger partial charge in [-0.3, -0.25) is 14.4 Å². The highest BCUT2D eigenvalue weighted by molar-refractivity contribution is 6.07. The van der Waals surface area contributed by atoms with E-state index in [1.54, 1.807) is 6.07 Å². The fraction of sp³-hybridized carbons (Fsp3) is 0.400. The van der Waals surface area contributed by atoms with Crippen LogP contribution in [0, 0.1) is 0 Å². The largest absolute Gasteiger partial charge is 0.366 e. The molecular formula is C35H43N5O3. The monoisotopic (exact) mass is 581 g/mol. The van der Waals surface area contributed by atoms with Gasteiger partial charge in [-0.1, -0.05) is 51.1 Å². The Kier molecular flexibility index (Phi) is 9.16. The van der Waals surface area contributed by atoms with Crippen LogP contribution in [0.2, 0.25) is 0 Å². The molecule has 1 heterocycles. The van der Waals surface area contributed by atoms with Crippen molar-refractivity contribution in [2.45, 2.75) is 64.0 Å². The van der Waals surface area contributed by atoms with Gasteiger partial charge in [-0.05, 0) is 79.1 Å². The maximum atomic E-state index is 13.4. The zero-order chi connectivity index (χ0) is 30.6. The van der Waals surface area contributed by atoms with Gasteiger partial charge in [-0.2, -0.15) is 0 Å². The third-order valence-corrected chi connectivity index (χ3v) is 8.56. The van der Waals surface area contributed by atoms with Crippen molar-refractivity contribution in [3.8, 4) is 0 Å². The van der Waals surface area contributed by atoms with Gasteiger partial charge >= 0.3 is 0 Å². The second kappa shape index (κ2) is 13.0. The van der Waals surface area contributed by atoms with E-state index in [2.05, 4.69) is 36.3 Å². The van der Waals surface area contributed by atoms with Gasteiger partial charge in [0.05, 0.1) is 11.4 Å². The number of amides is 3. The molecule has 5 rings (SSSR count). The molecule has 1 aliphatic carbocycles. The third-order valence-electron chi connectivity index (χ3n) is 8.56. The Hall–Kier alpha value is -4.17. The molecule has 43 heavy (non-hydrogen) atoms. The minimum Gasteiger partial charge on any atom is -0.366 e. The predicted molar refractivity (Wildman–Crippen MR) is 172 cm³/mol. The summed E-state index contributed by atoms with van der Waals surface area (Å²) in [5.41, 5.74) is 10.3. The summed E-state index contributed by atoms with van der Waals surface area (Å²) in [4.78, 5) is 43.7. The highest BCUT2D eigenvalue weighted by atomic mass is 16.2. The quantitative estimate of drug-likeness (QED) is 0.371. The van der Waals surface area contributed by atoms with Gasteiger partial charge < -0.3 is 26.2 Å².